The number of hydrogen-bond acceptors (Lipinski definition) is 4. The van der Waals surface area contributed by atoms with Crippen molar-refractivity contribution in [3.8, 4) is 0 Å². The van der Waals surface area contributed by atoms with Crippen LogP contribution in [0.2, 0.25) is 0 Å². The number of carbonyl (C=O) groups is 1. The lowest BCUT2D eigenvalue weighted by atomic mass is 10.1. The van der Waals surface area contributed by atoms with Crippen LogP contribution in [-0.4, -0.2) is 15.5 Å². The van der Waals surface area contributed by atoms with Crippen LogP contribution in [0, 0.1) is 11.6 Å². The fourth-order valence-electron chi connectivity index (χ4n) is 2.59. The van der Waals surface area contributed by atoms with Gasteiger partial charge >= 0.3 is 5.97 Å². The van der Waals surface area contributed by atoms with Crippen molar-refractivity contribution in [1.82, 2.24) is 4.40 Å². The largest absolute Gasteiger partial charge is 0.477 e. The van der Waals surface area contributed by atoms with Crippen LogP contribution in [0.3, 0.4) is 0 Å². The molecule has 0 unspecified atom stereocenters. The molecule has 0 bridgehead atoms. The van der Waals surface area contributed by atoms with E-state index in [1.165, 1.54) is 16.2 Å². The Kier molecular flexibility index (Phi) is 2.46. The van der Waals surface area contributed by atoms with Gasteiger partial charge in [-0.05, 0) is 6.07 Å². The third-order valence-electron chi connectivity index (χ3n) is 3.47. The minimum atomic E-state index is -1.37. The van der Waals surface area contributed by atoms with Gasteiger partial charge in [-0.25, -0.2) is 13.6 Å². The number of aromatic nitrogens is 1. The number of nitrogens with zero attached hydrogens (tertiary/aromatic N) is 1. The van der Waals surface area contributed by atoms with Gasteiger partial charge in [0.15, 0.2) is 11.6 Å². The van der Waals surface area contributed by atoms with Gasteiger partial charge in [-0.1, -0.05) is 0 Å². The number of benzene rings is 1. The molecule has 0 spiro atoms. The number of halogens is 2. The first-order valence-corrected chi connectivity index (χ1v) is 7.70. The average Bonchev–Trinajstić information content (AvgIpc) is 2.86. The van der Waals surface area contributed by atoms with Crippen molar-refractivity contribution in [2.75, 3.05) is 0 Å². The molecule has 0 saturated heterocycles. The topological polar surface area (TPSA) is 58.8 Å². The zero-order valence-corrected chi connectivity index (χ0v) is 11.8. The van der Waals surface area contributed by atoms with Crippen LogP contribution >= 0.6 is 23.1 Å². The van der Waals surface area contributed by atoms with E-state index in [-0.39, 0.29) is 27.0 Å². The SMILES string of the molecule is O=C(O)c1c(=O)c2cc(F)c(F)c3c2n2c(csc12)SC3. The average molecular weight is 325 g/mol. The molecule has 2 aromatic heterocycles. The van der Waals surface area contributed by atoms with Gasteiger partial charge in [0.05, 0.1) is 15.9 Å². The van der Waals surface area contributed by atoms with Crippen LogP contribution in [0.1, 0.15) is 15.9 Å². The van der Waals surface area contributed by atoms with E-state index in [1.54, 1.807) is 5.38 Å². The predicted octanol–water partition coefficient (Wildman–Crippen LogP) is 3.10. The minimum Gasteiger partial charge on any atom is -0.477 e. The number of pyridine rings is 1. The summed E-state index contributed by atoms with van der Waals surface area (Å²) in [5, 5.41) is 11.6. The Balaban J connectivity index is 2.42. The van der Waals surface area contributed by atoms with E-state index in [2.05, 4.69) is 0 Å². The van der Waals surface area contributed by atoms with Crippen LogP contribution in [-0.2, 0) is 5.75 Å². The Bertz CT molecular complexity index is 1020. The van der Waals surface area contributed by atoms with Crippen molar-refractivity contribution in [1.29, 1.82) is 0 Å². The Labute approximate surface area is 123 Å². The van der Waals surface area contributed by atoms with E-state index >= 15 is 0 Å². The summed E-state index contributed by atoms with van der Waals surface area (Å²) < 4.78 is 29.2. The van der Waals surface area contributed by atoms with Crippen molar-refractivity contribution in [2.45, 2.75) is 10.8 Å². The fourth-order valence-corrected chi connectivity index (χ4v) is 4.84. The monoisotopic (exact) mass is 325 g/mol. The molecule has 3 heterocycles. The molecule has 1 aliphatic heterocycles. The molecule has 21 heavy (non-hydrogen) atoms. The van der Waals surface area contributed by atoms with E-state index in [0.717, 1.165) is 22.4 Å². The van der Waals surface area contributed by atoms with Crippen LogP contribution in [0.25, 0.3) is 15.7 Å². The first kappa shape index (κ1) is 12.8. The van der Waals surface area contributed by atoms with Crippen LogP contribution in [0.4, 0.5) is 8.78 Å². The molecule has 3 aromatic rings. The quantitative estimate of drug-likeness (QED) is 0.747. The van der Waals surface area contributed by atoms with E-state index < -0.39 is 28.6 Å². The number of hydrogen-bond donors (Lipinski definition) is 1. The van der Waals surface area contributed by atoms with E-state index in [0.29, 0.717) is 0 Å². The lowest BCUT2D eigenvalue weighted by Crippen LogP contribution is -2.19. The second-order valence-electron chi connectivity index (χ2n) is 4.56. The van der Waals surface area contributed by atoms with Crippen LogP contribution in [0.15, 0.2) is 21.3 Å². The van der Waals surface area contributed by atoms with Crippen molar-refractivity contribution in [3.05, 3.63) is 44.4 Å². The number of thioether (sulfide) groups is 1. The number of rotatable bonds is 1. The summed E-state index contributed by atoms with van der Waals surface area (Å²) >= 11 is 2.39. The highest BCUT2D eigenvalue weighted by molar-refractivity contribution is 7.98. The molecule has 1 aliphatic rings. The molecule has 106 valence electrons. The molecule has 4 nitrogen and oxygen atoms in total. The lowest BCUT2D eigenvalue weighted by molar-refractivity contribution is 0.0697. The summed E-state index contributed by atoms with van der Waals surface area (Å²) in [5.74, 6) is -3.28. The maximum absolute atomic E-state index is 14.0. The second-order valence-corrected chi connectivity index (χ2v) is 6.41. The normalized spacial score (nSPS) is 13.4. The zero-order chi connectivity index (χ0) is 14.9. The Morgan fingerprint density at radius 2 is 2.14 bits per heavy atom. The first-order chi connectivity index (χ1) is 10.0. The van der Waals surface area contributed by atoms with E-state index in [1.807, 2.05) is 0 Å². The number of carboxylic acids is 1. The number of aromatic carboxylic acids is 1. The van der Waals surface area contributed by atoms with Crippen LogP contribution < -0.4 is 5.43 Å². The van der Waals surface area contributed by atoms with E-state index in [9.17, 15) is 23.5 Å². The summed E-state index contributed by atoms with van der Waals surface area (Å²) in [5.41, 5.74) is -0.810. The zero-order valence-electron chi connectivity index (χ0n) is 10.1. The van der Waals surface area contributed by atoms with Crippen LogP contribution in [0.5, 0.6) is 0 Å². The molecule has 1 aromatic carbocycles. The molecule has 0 atom stereocenters. The Morgan fingerprint density at radius 1 is 1.38 bits per heavy atom. The van der Waals surface area contributed by atoms with Gasteiger partial charge in [-0.15, -0.1) is 23.1 Å². The van der Waals surface area contributed by atoms with Crippen molar-refractivity contribution >= 4 is 44.8 Å². The summed E-state index contributed by atoms with van der Waals surface area (Å²) in [6.45, 7) is 0. The third-order valence-corrected chi connectivity index (χ3v) is 5.60. The predicted molar refractivity (Wildman–Crippen MR) is 75.5 cm³/mol. The van der Waals surface area contributed by atoms with Gasteiger partial charge in [0, 0.05) is 16.7 Å². The molecule has 1 N–H and O–H groups in total. The second kappa shape index (κ2) is 4.05. The molecule has 8 heteroatoms. The highest BCUT2D eigenvalue weighted by Crippen LogP contribution is 2.39. The maximum atomic E-state index is 14.0. The lowest BCUT2D eigenvalue weighted by Gasteiger charge is -2.17. The third kappa shape index (κ3) is 1.48. The highest BCUT2D eigenvalue weighted by Gasteiger charge is 2.28. The van der Waals surface area contributed by atoms with Gasteiger partial charge in [0.2, 0.25) is 5.43 Å². The van der Waals surface area contributed by atoms with Gasteiger partial charge in [0.1, 0.15) is 10.4 Å². The highest BCUT2D eigenvalue weighted by atomic mass is 32.2. The minimum absolute atomic E-state index is 0.0984. The number of thiazole rings is 1. The van der Waals surface area contributed by atoms with E-state index in [4.69, 9.17) is 0 Å². The summed E-state index contributed by atoms with van der Waals surface area (Å²) in [6, 6.07) is 0.785. The summed E-state index contributed by atoms with van der Waals surface area (Å²) in [7, 11) is 0. The van der Waals surface area contributed by atoms with Gasteiger partial charge in [0.25, 0.3) is 0 Å². The first-order valence-electron chi connectivity index (χ1n) is 5.83. The molecule has 0 radical (unpaired) electrons. The van der Waals surface area contributed by atoms with Gasteiger partial charge in [-0.3, -0.25) is 9.20 Å². The summed E-state index contributed by atoms with van der Waals surface area (Å²) in [4.78, 5) is 24.0. The van der Waals surface area contributed by atoms with Gasteiger partial charge in [-0.2, -0.15) is 0 Å². The number of carboxylic acid groups (broad SMARTS) is 1. The molecule has 0 saturated carbocycles. The molecular weight excluding hydrogens is 320 g/mol. The smallest absolute Gasteiger partial charge is 0.342 e. The Morgan fingerprint density at radius 3 is 2.86 bits per heavy atom. The molecule has 0 aliphatic carbocycles. The van der Waals surface area contributed by atoms with Gasteiger partial charge < -0.3 is 5.11 Å². The Hall–Kier alpha value is -1.93. The maximum Gasteiger partial charge on any atom is 0.342 e. The molecular formula is C13H5F2NO3S2. The van der Waals surface area contributed by atoms with Crippen molar-refractivity contribution in [2.24, 2.45) is 0 Å². The van der Waals surface area contributed by atoms with Crippen molar-refractivity contribution in [3.63, 3.8) is 0 Å². The molecule has 0 amide bonds. The molecule has 4 rings (SSSR count). The summed E-state index contributed by atoms with van der Waals surface area (Å²) in [6.07, 6.45) is 0. The fraction of sp³-hybridized carbons (Fsp3) is 0.0769. The standard InChI is InChI=1S/C13H5F2NO3S2/c14-6-1-4-10-5(9(6)15)2-20-7-3-21-12(16(7)10)8(11(4)17)13(18)19/h1,3H,2H2,(H,18,19). The van der Waals surface area contributed by atoms with Crippen molar-refractivity contribution < 1.29 is 18.7 Å². The molecule has 0 fully saturated rings.